The van der Waals surface area contributed by atoms with Crippen molar-refractivity contribution in [2.45, 2.75) is 29.8 Å². The van der Waals surface area contributed by atoms with Gasteiger partial charge < -0.3 is 10.1 Å². The van der Waals surface area contributed by atoms with E-state index in [0.29, 0.717) is 28.9 Å². The number of rotatable bonds is 8. The van der Waals surface area contributed by atoms with Crippen molar-refractivity contribution < 1.29 is 19.2 Å². The quantitative estimate of drug-likeness (QED) is 0.292. The molecule has 0 radical (unpaired) electrons. The van der Waals surface area contributed by atoms with Crippen LogP contribution in [0, 0.1) is 10.1 Å². The van der Waals surface area contributed by atoms with E-state index in [2.05, 4.69) is 20.8 Å². The van der Waals surface area contributed by atoms with E-state index >= 15 is 0 Å². The van der Waals surface area contributed by atoms with Gasteiger partial charge in [0, 0.05) is 42.5 Å². The molecule has 1 unspecified atom stereocenters. The first-order valence-corrected chi connectivity index (χ1v) is 11.0. The smallest absolute Gasteiger partial charge is 0.321 e. The van der Waals surface area contributed by atoms with Crippen molar-refractivity contribution in [3.05, 3.63) is 70.0 Å². The Morgan fingerprint density at radius 2 is 1.88 bits per heavy atom. The highest BCUT2D eigenvalue weighted by Gasteiger charge is 2.26. The average Bonchev–Trinajstić information content (AvgIpc) is 3.19. The zero-order valence-electron chi connectivity index (χ0n) is 17.6. The molecule has 1 saturated heterocycles. The van der Waals surface area contributed by atoms with Gasteiger partial charge in [0.05, 0.1) is 12.0 Å². The predicted octanol–water partition coefficient (Wildman–Crippen LogP) is 2.62. The van der Waals surface area contributed by atoms with E-state index < -0.39 is 17.0 Å². The van der Waals surface area contributed by atoms with E-state index in [9.17, 15) is 19.7 Å². The van der Waals surface area contributed by atoms with Gasteiger partial charge in [-0.05, 0) is 29.8 Å². The summed E-state index contributed by atoms with van der Waals surface area (Å²) < 4.78 is 7.11. The number of carbonyl (C=O) groups is 2. The van der Waals surface area contributed by atoms with Crippen LogP contribution in [0.1, 0.15) is 17.8 Å². The van der Waals surface area contributed by atoms with Crippen molar-refractivity contribution in [3.63, 3.8) is 0 Å². The minimum Gasteiger partial charge on any atom is -0.497 e. The van der Waals surface area contributed by atoms with Gasteiger partial charge in [-0.2, -0.15) is 0 Å². The molecular formula is C21H20N6O5S. The highest BCUT2D eigenvalue weighted by Crippen LogP contribution is 2.27. The van der Waals surface area contributed by atoms with Crippen molar-refractivity contribution in [2.24, 2.45) is 0 Å². The number of nitrogens with one attached hydrogen (secondary N) is 2. The third-order valence-electron chi connectivity index (χ3n) is 5.00. The van der Waals surface area contributed by atoms with Crippen molar-refractivity contribution in [1.82, 2.24) is 25.4 Å². The third-order valence-corrected chi connectivity index (χ3v) is 6.00. The molecule has 170 valence electrons. The van der Waals surface area contributed by atoms with E-state index in [1.807, 2.05) is 28.8 Å². The fourth-order valence-corrected chi connectivity index (χ4v) is 4.32. The summed E-state index contributed by atoms with van der Waals surface area (Å²) in [5, 5.41) is 25.1. The summed E-state index contributed by atoms with van der Waals surface area (Å²) in [4.78, 5) is 33.9. The number of ether oxygens (including phenoxy) is 1. The summed E-state index contributed by atoms with van der Waals surface area (Å²) in [5.74, 6) is 1.47. The number of urea groups is 1. The second kappa shape index (κ2) is 9.69. The number of carbonyl (C=O) groups excluding carboxylic acids is 2. The maximum atomic E-state index is 11.8. The molecule has 1 fully saturated rings. The van der Waals surface area contributed by atoms with Crippen molar-refractivity contribution >= 4 is 29.4 Å². The number of methoxy groups -OCH3 is 1. The second-order valence-corrected chi connectivity index (χ2v) is 8.21. The van der Waals surface area contributed by atoms with Crippen LogP contribution in [0.15, 0.2) is 53.7 Å². The maximum Gasteiger partial charge on any atom is 0.321 e. The van der Waals surface area contributed by atoms with Crippen molar-refractivity contribution in [2.75, 3.05) is 7.11 Å². The molecule has 2 heterocycles. The van der Waals surface area contributed by atoms with Crippen LogP contribution in [0.5, 0.6) is 5.75 Å². The van der Waals surface area contributed by atoms with Gasteiger partial charge in [0.25, 0.3) is 5.69 Å². The van der Waals surface area contributed by atoms with Gasteiger partial charge in [-0.25, -0.2) is 4.79 Å². The van der Waals surface area contributed by atoms with Crippen LogP contribution in [0.2, 0.25) is 0 Å². The fourth-order valence-electron chi connectivity index (χ4n) is 3.40. The van der Waals surface area contributed by atoms with Gasteiger partial charge in [-0.15, -0.1) is 10.2 Å². The van der Waals surface area contributed by atoms with Gasteiger partial charge in [-0.3, -0.25) is 24.8 Å². The molecule has 12 heteroatoms. The first-order chi connectivity index (χ1) is 15.9. The summed E-state index contributed by atoms with van der Waals surface area (Å²) in [6.07, 6.45) is 0.461. The first-order valence-electron chi connectivity index (χ1n) is 9.98. The van der Waals surface area contributed by atoms with Crippen LogP contribution in [0.4, 0.5) is 10.5 Å². The molecule has 1 atom stereocenters. The number of amides is 3. The molecule has 0 saturated carbocycles. The second-order valence-electron chi connectivity index (χ2n) is 7.27. The molecule has 2 aromatic carbocycles. The van der Waals surface area contributed by atoms with Gasteiger partial charge in [0.2, 0.25) is 5.91 Å². The van der Waals surface area contributed by atoms with Crippen molar-refractivity contribution in [3.8, 4) is 11.4 Å². The number of nitro groups is 1. The molecule has 0 bridgehead atoms. The number of non-ortho nitro benzene ring substituents is 1. The Balaban J connectivity index is 1.59. The Morgan fingerprint density at radius 3 is 2.52 bits per heavy atom. The van der Waals surface area contributed by atoms with Crippen LogP contribution >= 0.6 is 11.8 Å². The van der Waals surface area contributed by atoms with Gasteiger partial charge in [0.1, 0.15) is 11.6 Å². The number of thioether (sulfide) groups is 1. The molecule has 3 amide bonds. The molecule has 0 spiro atoms. The zero-order chi connectivity index (χ0) is 23.4. The van der Waals surface area contributed by atoms with E-state index in [0.717, 1.165) is 11.3 Å². The number of hydrogen-bond acceptors (Lipinski definition) is 8. The minimum absolute atomic E-state index is 0.0333. The van der Waals surface area contributed by atoms with E-state index in [1.54, 1.807) is 19.2 Å². The monoisotopic (exact) mass is 468 g/mol. The summed E-state index contributed by atoms with van der Waals surface area (Å²) in [5.41, 5.74) is 1.73. The molecule has 3 aromatic rings. The van der Waals surface area contributed by atoms with E-state index in [4.69, 9.17) is 4.74 Å². The van der Waals surface area contributed by atoms with Crippen LogP contribution in [0.3, 0.4) is 0 Å². The topological polar surface area (TPSA) is 141 Å². The molecule has 1 aliphatic heterocycles. The molecule has 33 heavy (non-hydrogen) atoms. The molecule has 2 N–H and O–H groups in total. The van der Waals surface area contributed by atoms with Gasteiger partial charge >= 0.3 is 6.03 Å². The van der Waals surface area contributed by atoms with Gasteiger partial charge in [0.15, 0.2) is 5.16 Å². The van der Waals surface area contributed by atoms with Crippen molar-refractivity contribution in [1.29, 1.82) is 0 Å². The number of nitrogens with zero attached hydrogens (tertiary/aromatic N) is 4. The predicted molar refractivity (Wildman–Crippen MR) is 119 cm³/mol. The molecule has 0 aliphatic carbocycles. The Kier molecular flexibility index (Phi) is 6.54. The third kappa shape index (κ3) is 5.29. The Hall–Kier alpha value is -3.93. The normalized spacial score (nSPS) is 15.6. The number of benzene rings is 2. The highest BCUT2D eigenvalue weighted by atomic mass is 32.2. The van der Waals surface area contributed by atoms with Crippen LogP contribution < -0.4 is 15.4 Å². The van der Waals surface area contributed by atoms with Gasteiger partial charge in [-0.1, -0.05) is 23.9 Å². The highest BCUT2D eigenvalue weighted by molar-refractivity contribution is 7.98. The molecule has 1 aliphatic rings. The van der Waals surface area contributed by atoms with Crippen LogP contribution in [-0.4, -0.2) is 44.8 Å². The lowest BCUT2D eigenvalue weighted by molar-refractivity contribution is -0.384. The minimum atomic E-state index is -0.528. The number of hydrogen-bond donors (Lipinski definition) is 2. The number of aromatic nitrogens is 3. The lowest BCUT2D eigenvalue weighted by atomic mass is 10.1. The van der Waals surface area contributed by atoms with E-state index in [-0.39, 0.29) is 18.0 Å². The van der Waals surface area contributed by atoms with E-state index in [1.165, 1.54) is 23.9 Å². The summed E-state index contributed by atoms with van der Waals surface area (Å²) in [6, 6.07) is 12.8. The summed E-state index contributed by atoms with van der Waals surface area (Å²) >= 11 is 1.42. The maximum absolute atomic E-state index is 11.8. The van der Waals surface area contributed by atoms with Crippen LogP contribution in [0.25, 0.3) is 5.69 Å². The Morgan fingerprint density at radius 1 is 1.15 bits per heavy atom. The number of imide groups is 1. The standard InChI is InChI=1S/C21H20N6O5S/c1-32-17-8-6-15(7-9-17)26-18(10-14-11-19(28)23-20(29)22-14)24-25-21(26)33-12-13-2-4-16(5-3-13)27(30)31/h2-9,14H,10-12H2,1H3,(H2,22,23,28,29). The lowest BCUT2D eigenvalue weighted by Gasteiger charge is -2.23. The number of nitro benzene ring substituents is 1. The summed E-state index contributed by atoms with van der Waals surface area (Å²) in [6.45, 7) is 0. The largest absolute Gasteiger partial charge is 0.497 e. The molecule has 1 aromatic heterocycles. The fraction of sp³-hybridized carbons (Fsp3) is 0.238. The SMILES string of the molecule is COc1ccc(-n2c(CC3CC(=O)NC(=O)N3)nnc2SCc2ccc([N+](=O)[O-])cc2)cc1. The molecular weight excluding hydrogens is 448 g/mol. The van der Waals surface area contributed by atoms with Crippen LogP contribution in [-0.2, 0) is 17.0 Å². The molecule has 4 rings (SSSR count). The first kappa shape index (κ1) is 22.3. The average molecular weight is 468 g/mol. The Labute approximate surface area is 192 Å². The molecule has 11 nitrogen and oxygen atoms in total. The lowest BCUT2D eigenvalue weighted by Crippen LogP contribution is -2.53. The Bertz CT molecular complexity index is 1160. The zero-order valence-corrected chi connectivity index (χ0v) is 18.4. The summed E-state index contributed by atoms with van der Waals surface area (Å²) in [7, 11) is 1.58.